The number of nitro benzene ring substituents is 1. The van der Waals surface area contributed by atoms with E-state index >= 15 is 0 Å². The Morgan fingerprint density at radius 1 is 1.00 bits per heavy atom. The van der Waals surface area contributed by atoms with Gasteiger partial charge in [-0.3, -0.25) is 24.7 Å². The standard InChI is InChI=1S/C21H26N4O4/c26-21(17-29-20-8-6-19(7-9-20)25(27)28)22-10-11-23-12-14-24(15-13-23)16-18-4-2-1-3-5-18/h1-9H,10-17H2,(H,22,26). The van der Waals surface area contributed by atoms with Crippen molar-refractivity contribution < 1.29 is 14.5 Å². The summed E-state index contributed by atoms with van der Waals surface area (Å²) in [5.41, 5.74) is 1.33. The smallest absolute Gasteiger partial charge is 0.269 e. The van der Waals surface area contributed by atoms with E-state index in [0.29, 0.717) is 12.3 Å². The van der Waals surface area contributed by atoms with Gasteiger partial charge in [0.25, 0.3) is 11.6 Å². The number of amides is 1. The molecule has 8 heteroatoms. The summed E-state index contributed by atoms with van der Waals surface area (Å²) in [5.74, 6) is 0.228. The third-order valence-corrected chi connectivity index (χ3v) is 4.88. The van der Waals surface area contributed by atoms with Crippen LogP contribution in [-0.2, 0) is 11.3 Å². The SMILES string of the molecule is O=C(COc1ccc([N+](=O)[O-])cc1)NCCN1CCN(Cc2ccccc2)CC1. The van der Waals surface area contributed by atoms with Gasteiger partial charge in [0.2, 0.25) is 0 Å². The first-order valence-electron chi connectivity index (χ1n) is 9.73. The van der Waals surface area contributed by atoms with Crippen LogP contribution in [-0.4, -0.2) is 66.5 Å². The minimum atomic E-state index is -0.474. The minimum Gasteiger partial charge on any atom is -0.484 e. The summed E-state index contributed by atoms with van der Waals surface area (Å²) in [6, 6.07) is 16.2. The van der Waals surface area contributed by atoms with Gasteiger partial charge in [-0.25, -0.2) is 0 Å². The van der Waals surface area contributed by atoms with Crippen LogP contribution in [0.4, 0.5) is 5.69 Å². The maximum Gasteiger partial charge on any atom is 0.269 e. The normalized spacial score (nSPS) is 15.0. The van der Waals surface area contributed by atoms with Crippen LogP contribution in [0.5, 0.6) is 5.75 Å². The summed E-state index contributed by atoms with van der Waals surface area (Å²) in [6.07, 6.45) is 0. The van der Waals surface area contributed by atoms with Crippen LogP contribution in [0.25, 0.3) is 0 Å². The molecule has 1 heterocycles. The van der Waals surface area contributed by atoms with Crippen molar-refractivity contribution in [2.45, 2.75) is 6.54 Å². The second kappa shape index (κ2) is 10.5. The Kier molecular flexibility index (Phi) is 7.54. The van der Waals surface area contributed by atoms with Gasteiger partial charge in [0.1, 0.15) is 5.75 Å². The Morgan fingerprint density at radius 3 is 2.31 bits per heavy atom. The minimum absolute atomic E-state index is 0.00864. The highest BCUT2D eigenvalue weighted by molar-refractivity contribution is 5.77. The Balaban J connectivity index is 1.28. The van der Waals surface area contributed by atoms with Crippen LogP contribution in [0.1, 0.15) is 5.56 Å². The highest BCUT2D eigenvalue weighted by Gasteiger charge is 2.16. The number of benzene rings is 2. The zero-order chi connectivity index (χ0) is 20.5. The van der Waals surface area contributed by atoms with Gasteiger partial charge in [-0.05, 0) is 17.7 Å². The molecule has 0 radical (unpaired) electrons. The highest BCUT2D eigenvalue weighted by Crippen LogP contribution is 2.17. The van der Waals surface area contributed by atoms with E-state index < -0.39 is 4.92 Å². The molecule has 1 N–H and O–H groups in total. The molecule has 0 atom stereocenters. The van der Waals surface area contributed by atoms with Gasteiger partial charge < -0.3 is 10.1 Å². The van der Waals surface area contributed by atoms with Gasteiger partial charge in [0.05, 0.1) is 4.92 Å². The van der Waals surface area contributed by atoms with E-state index in [4.69, 9.17) is 4.74 Å². The van der Waals surface area contributed by atoms with Crippen molar-refractivity contribution in [1.29, 1.82) is 0 Å². The summed E-state index contributed by atoms with van der Waals surface area (Å²) in [5, 5.41) is 13.5. The second-order valence-electron chi connectivity index (χ2n) is 6.99. The molecule has 0 saturated carbocycles. The summed E-state index contributed by atoms with van der Waals surface area (Å²) in [6.45, 7) is 6.26. The molecule has 29 heavy (non-hydrogen) atoms. The van der Waals surface area contributed by atoms with Crippen molar-refractivity contribution in [2.24, 2.45) is 0 Å². The Morgan fingerprint density at radius 2 is 1.66 bits per heavy atom. The number of carbonyl (C=O) groups is 1. The molecule has 0 bridgehead atoms. The molecule has 2 aromatic rings. The van der Waals surface area contributed by atoms with Crippen LogP contribution in [0.15, 0.2) is 54.6 Å². The molecule has 0 unspecified atom stereocenters. The maximum absolute atomic E-state index is 11.9. The van der Waals surface area contributed by atoms with E-state index in [1.54, 1.807) is 0 Å². The summed E-state index contributed by atoms with van der Waals surface area (Å²) in [7, 11) is 0. The average molecular weight is 398 g/mol. The first-order chi connectivity index (χ1) is 14.1. The number of rotatable bonds is 9. The van der Waals surface area contributed by atoms with Gasteiger partial charge in [-0.1, -0.05) is 30.3 Å². The average Bonchev–Trinajstić information content (AvgIpc) is 2.74. The summed E-state index contributed by atoms with van der Waals surface area (Å²) >= 11 is 0. The number of hydrogen-bond acceptors (Lipinski definition) is 6. The van der Waals surface area contributed by atoms with E-state index in [0.717, 1.165) is 39.3 Å². The molecule has 1 fully saturated rings. The number of carbonyl (C=O) groups excluding carboxylic acids is 1. The Bertz CT molecular complexity index is 790. The molecule has 1 aliphatic heterocycles. The van der Waals surface area contributed by atoms with Crippen LogP contribution < -0.4 is 10.1 Å². The number of non-ortho nitro benzene ring substituents is 1. The van der Waals surface area contributed by atoms with Crippen molar-refractivity contribution >= 4 is 11.6 Å². The molecular weight excluding hydrogens is 372 g/mol. The van der Waals surface area contributed by atoms with Gasteiger partial charge in [0.15, 0.2) is 6.61 Å². The lowest BCUT2D eigenvalue weighted by molar-refractivity contribution is -0.384. The number of nitrogens with zero attached hydrogens (tertiary/aromatic N) is 3. The second-order valence-corrected chi connectivity index (χ2v) is 6.99. The topological polar surface area (TPSA) is 87.9 Å². The van der Waals surface area contributed by atoms with E-state index in [1.807, 2.05) is 6.07 Å². The molecule has 2 aromatic carbocycles. The monoisotopic (exact) mass is 398 g/mol. The predicted molar refractivity (Wildman–Crippen MR) is 110 cm³/mol. The van der Waals surface area contributed by atoms with Gasteiger partial charge in [-0.15, -0.1) is 0 Å². The largest absolute Gasteiger partial charge is 0.484 e. The molecule has 1 saturated heterocycles. The predicted octanol–water partition coefficient (Wildman–Crippen LogP) is 1.91. The third kappa shape index (κ3) is 6.85. The Labute approximate surface area is 170 Å². The zero-order valence-electron chi connectivity index (χ0n) is 16.3. The van der Waals surface area contributed by atoms with E-state index in [1.165, 1.54) is 29.8 Å². The fourth-order valence-electron chi connectivity index (χ4n) is 3.23. The lowest BCUT2D eigenvalue weighted by atomic mass is 10.2. The van der Waals surface area contributed by atoms with Crippen molar-refractivity contribution in [3.05, 3.63) is 70.3 Å². The molecule has 0 aliphatic carbocycles. The number of piperazine rings is 1. The summed E-state index contributed by atoms with van der Waals surface area (Å²) in [4.78, 5) is 26.9. The fourth-order valence-corrected chi connectivity index (χ4v) is 3.23. The van der Waals surface area contributed by atoms with Crippen molar-refractivity contribution in [3.63, 3.8) is 0 Å². The zero-order valence-corrected chi connectivity index (χ0v) is 16.3. The number of nitrogens with one attached hydrogen (secondary N) is 1. The fraction of sp³-hybridized carbons (Fsp3) is 0.381. The molecule has 8 nitrogen and oxygen atoms in total. The van der Waals surface area contributed by atoms with Crippen LogP contribution in [0.2, 0.25) is 0 Å². The van der Waals surface area contributed by atoms with Crippen LogP contribution >= 0.6 is 0 Å². The lowest BCUT2D eigenvalue weighted by Crippen LogP contribution is -2.48. The van der Waals surface area contributed by atoms with Crippen LogP contribution in [0.3, 0.4) is 0 Å². The third-order valence-electron chi connectivity index (χ3n) is 4.88. The van der Waals surface area contributed by atoms with E-state index in [9.17, 15) is 14.9 Å². The van der Waals surface area contributed by atoms with E-state index in [2.05, 4.69) is 39.4 Å². The van der Waals surface area contributed by atoms with Crippen molar-refractivity contribution in [1.82, 2.24) is 15.1 Å². The molecule has 154 valence electrons. The maximum atomic E-state index is 11.9. The number of hydrogen-bond donors (Lipinski definition) is 1. The highest BCUT2D eigenvalue weighted by atomic mass is 16.6. The van der Waals surface area contributed by atoms with Gasteiger partial charge in [0, 0.05) is 57.9 Å². The van der Waals surface area contributed by atoms with Crippen molar-refractivity contribution in [2.75, 3.05) is 45.9 Å². The lowest BCUT2D eigenvalue weighted by Gasteiger charge is -2.34. The van der Waals surface area contributed by atoms with E-state index in [-0.39, 0.29) is 18.2 Å². The van der Waals surface area contributed by atoms with Gasteiger partial charge in [-0.2, -0.15) is 0 Å². The first-order valence-corrected chi connectivity index (χ1v) is 9.73. The Hall–Kier alpha value is -2.97. The molecule has 0 spiro atoms. The first kappa shape index (κ1) is 20.8. The molecule has 3 rings (SSSR count). The number of ether oxygens (including phenoxy) is 1. The molecular formula is C21H26N4O4. The molecule has 0 aromatic heterocycles. The number of nitro groups is 1. The molecule has 1 amide bonds. The summed E-state index contributed by atoms with van der Waals surface area (Å²) < 4.78 is 5.36. The van der Waals surface area contributed by atoms with Crippen LogP contribution in [0, 0.1) is 10.1 Å². The van der Waals surface area contributed by atoms with Crippen molar-refractivity contribution in [3.8, 4) is 5.75 Å². The quantitative estimate of drug-likeness (QED) is 0.513. The molecule has 1 aliphatic rings. The van der Waals surface area contributed by atoms with Gasteiger partial charge >= 0.3 is 0 Å².